The van der Waals surface area contributed by atoms with Gasteiger partial charge in [-0.3, -0.25) is 0 Å². The van der Waals surface area contributed by atoms with Crippen molar-refractivity contribution >= 4 is 12.6 Å². The molecule has 0 amide bonds. The maximum absolute atomic E-state index is 5.38. The van der Waals surface area contributed by atoms with Crippen LogP contribution in [-0.2, 0) is 9.47 Å². The van der Waals surface area contributed by atoms with Crippen LogP contribution in [0.2, 0.25) is 0 Å². The third-order valence-corrected chi connectivity index (χ3v) is 1.31. The highest BCUT2D eigenvalue weighted by Gasteiger charge is 2.07. The van der Waals surface area contributed by atoms with E-state index in [4.69, 9.17) is 9.47 Å². The largest absolute Gasteiger partial charge is 0.353 e. The third-order valence-electron chi connectivity index (χ3n) is 1.19. The first-order chi connectivity index (χ1) is 5.20. The highest BCUT2D eigenvalue weighted by molar-refractivity contribution is 7.80. The van der Waals surface area contributed by atoms with E-state index in [9.17, 15) is 0 Å². The summed E-state index contributed by atoms with van der Waals surface area (Å²) in [5, 5.41) is 0. The molecule has 11 heavy (non-hydrogen) atoms. The van der Waals surface area contributed by atoms with Gasteiger partial charge in [0.2, 0.25) is 0 Å². The van der Waals surface area contributed by atoms with Gasteiger partial charge in [-0.15, -0.1) is 12.6 Å². The Morgan fingerprint density at radius 2 is 2.00 bits per heavy atom. The molecule has 0 fully saturated rings. The Bertz CT molecular complexity index is 86.2. The van der Waals surface area contributed by atoms with E-state index in [2.05, 4.69) is 19.6 Å². The second-order valence-corrected chi connectivity index (χ2v) is 3.17. The van der Waals surface area contributed by atoms with E-state index in [0.717, 1.165) is 19.4 Å². The smallest absolute Gasteiger partial charge is 0.158 e. The second-order valence-electron chi connectivity index (χ2n) is 2.44. The van der Waals surface area contributed by atoms with Crippen molar-refractivity contribution in [2.75, 3.05) is 6.61 Å². The fourth-order valence-corrected chi connectivity index (χ4v) is 0.858. The summed E-state index contributed by atoms with van der Waals surface area (Å²) in [6.07, 6.45) is 1.83. The zero-order chi connectivity index (χ0) is 8.69. The standard InChI is InChI=1S/C8H18O2S/c1-4-6-9-8(5-2)10-7(3)11/h7-8,11H,4-6H2,1-3H3. The summed E-state index contributed by atoms with van der Waals surface area (Å²) < 4.78 is 10.7. The van der Waals surface area contributed by atoms with Crippen LogP contribution in [0.15, 0.2) is 0 Å². The second kappa shape index (κ2) is 6.95. The van der Waals surface area contributed by atoms with Crippen LogP contribution in [0.1, 0.15) is 33.6 Å². The molecular weight excluding hydrogens is 160 g/mol. The number of ether oxygens (including phenoxy) is 2. The minimum absolute atomic E-state index is 0.0446. The highest BCUT2D eigenvalue weighted by Crippen LogP contribution is 2.06. The zero-order valence-corrected chi connectivity index (χ0v) is 8.43. The number of hydrogen-bond acceptors (Lipinski definition) is 3. The van der Waals surface area contributed by atoms with Gasteiger partial charge < -0.3 is 9.47 Å². The molecule has 2 atom stereocenters. The van der Waals surface area contributed by atoms with Crippen LogP contribution < -0.4 is 0 Å². The third kappa shape index (κ3) is 6.66. The van der Waals surface area contributed by atoms with Crippen molar-refractivity contribution in [1.82, 2.24) is 0 Å². The van der Waals surface area contributed by atoms with E-state index < -0.39 is 0 Å². The van der Waals surface area contributed by atoms with E-state index in [1.54, 1.807) is 0 Å². The average Bonchev–Trinajstić information content (AvgIpc) is 1.97. The molecule has 0 aliphatic rings. The lowest BCUT2D eigenvalue weighted by Crippen LogP contribution is -2.19. The van der Waals surface area contributed by atoms with Gasteiger partial charge in [0.15, 0.2) is 6.29 Å². The molecule has 0 radical (unpaired) electrons. The van der Waals surface area contributed by atoms with Crippen molar-refractivity contribution in [3.05, 3.63) is 0 Å². The van der Waals surface area contributed by atoms with Gasteiger partial charge in [-0.2, -0.15) is 0 Å². The van der Waals surface area contributed by atoms with Crippen LogP contribution >= 0.6 is 12.6 Å². The average molecular weight is 178 g/mol. The van der Waals surface area contributed by atoms with E-state index in [1.807, 2.05) is 13.8 Å². The molecule has 0 saturated carbocycles. The summed E-state index contributed by atoms with van der Waals surface area (Å²) in [5.74, 6) is 0. The maximum Gasteiger partial charge on any atom is 0.158 e. The van der Waals surface area contributed by atoms with Crippen LogP contribution in [0.5, 0.6) is 0 Å². The lowest BCUT2D eigenvalue weighted by atomic mass is 10.4. The Kier molecular flexibility index (Phi) is 7.12. The molecule has 0 bridgehead atoms. The Morgan fingerprint density at radius 1 is 1.36 bits per heavy atom. The molecule has 3 heteroatoms. The molecule has 2 unspecified atom stereocenters. The van der Waals surface area contributed by atoms with E-state index in [-0.39, 0.29) is 11.7 Å². The van der Waals surface area contributed by atoms with E-state index in [1.165, 1.54) is 0 Å². The first-order valence-corrected chi connectivity index (χ1v) is 4.67. The van der Waals surface area contributed by atoms with Crippen LogP contribution in [-0.4, -0.2) is 18.3 Å². The zero-order valence-electron chi connectivity index (χ0n) is 7.54. The number of hydrogen-bond donors (Lipinski definition) is 1. The number of rotatable bonds is 6. The van der Waals surface area contributed by atoms with Crippen molar-refractivity contribution in [1.29, 1.82) is 0 Å². The van der Waals surface area contributed by atoms with Gasteiger partial charge in [0.1, 0.15) is 5.44 Å². The fraction of sp³-hybridized carbons (Fsp3) is 1.00. The molecule has 68 valence electrons. The lowest BCUT2D eigenvalue weighted by molar-refractivity contribution is -0.147. The van der Waals surface area contributed by atoms with Gasteiger partial charge in [0, 0.05) is 6.61 Å². The van der Waals surface area contributed by atoms with Crippen LogP contribution in [0.25, 0.3) is 0 Å². The van der Waals surface area contributed by atoms with E-state index >= 15 is 0 Å². The molecular formula is C8H18O2S. The molecule has 0 aromatic heterocycles. The highest BCUT2D eigenvalue weighted by atomic mass is 32.1. The monoisotopic (exact) mass is 178 g/mol. The maximum atomic E-state index is 5.38. The summed E-state index contributed by atoms with van der Waals surface area (Å²) in [6, 6.07) is 0. The molecule has 0 aliphatic heterocycles. The Hall–Kier alpha value is 0.270. The molecule has 0 rings (SSSR count). The number of thiol groups is 1. The first-order valence-electron chi connectivity index (χ1n) is 4.15. The fourth-order valence-electron chi connectivity index (χ4n) is 0.722. The summed E-state index contributed by atoms with van der Waals surface area (Å²) in [4.78, 5) is 0. The topological polar surface area (TPSA) is 18.5 Å². The van der Waals surface area contributed by atoms with E-state index in [0.29, 0.717) is 0 Å². The molecule has 0 aromatic carbocycles. The van der Waals surface area contributed by atoms with Crippen LogP contribution in [0.4, 0.5) is 0 Å². The normalized spacial score (nSPS) is 16.4. The van der Waals surface area contributed by atoms with Crippen molar-refractivity contribution in [3.8, 4) is 0 Å². The minimum Gasteiger partial charge on any atom is -0.353 e. The molecule has 0 heterocycles. The minimum atomic E-state index is -0.0811. The lowest BCUT2D eigenvalue weighted by Gasteiger charge is -2.18. The van der Waals surface area contributed by atoms with Gasteiger partial charge in [-0.1, -0.05) is 13.8 Å². The first kappa shape index (κ1) is 11.3. The van der Waals surface area contributed by atoms with Crippen molar-refractivity contribution < 1.29 is 9.47 Å². The Labute approximate surface area is 74.7 Å². The van der Waals surface area contributed by atoms with Gasteiger partial charge in [0.25, 0.3) is 0 Å². The van der Waals surface area contributed by atoms with Crippen LogP contribution in [0.3, 0.4) is 0 Å². The SMILES string of the molecule is CCCOC(CC)OC(C)S. The summed E-state index contributed by atoms with van der Waals surface area (Å²) >= 11 is 4.11. The Morgan fingerprint density at radius 3 is 2.36 bits per heavy atom. The van der Waals surface area contributed by atoms with Crippen molar-refractivity contribution in [2.45, 2.75) is 45.3 Å². The van der Waals surface area contributed by atoms with Gasteiger partial charge in [-0.25, -0.2) is 0 Å². The van der Waals surface area contributed by atoms with Gasteiger partial charge in [0.05, 0.1) is 0 Å². The van der Waals surface area contributed by atoms with Gasteiger partial charge >= 0.3 is 0 Å². The quantitative estimate of drug-likeness (QED) is 0.497. The molecule has 0 aliphatic carbocycles. The van der Waals surface area contributed by atoms with Gasteiger partial charge in [-0.05, 0) is 19.8 Å². The predicted octanol–water partition coefficient (Wildman–Crippen LogP) is 2.44. The molecule has 0 N–H and O–H groups in total. The van der Waals surface area contributed by atoms with Crippen molar-refractivity contribution in [2.24, 2.45) is 0 Å². The Balaban J connectivity index is 3.41. The van der Waals surface area contributed by atoms with Crippen LogP contribution in [0, 0.1) is 0 Å². The molecule has 2 nitrogen and oxygen atoms in total. The molecule has 0 aromatic rings. The molecule has 0 spiro atoms. The van der Waals surface area contributed by atoms with Crippen molar-refractivity contribution in [3.63, 3.8) is 0 Å². The predicted molar refractivity (Wildman–Crippen MR) is 49.9 cm³/mol. The summed E-state index contributed by atoms with van der Waals surface area (Å²) in [7, 11) is 0. The summed E-state index contributed by atoms with van der Waals surface area (Å²) in [6.45, 7) is 6.77. The molecule has 0 saturated heterocycles. The summed E-state index contributed by atoms with van der Waals surface area (Å²) in [5.41, 5.74) is -0.0446.